The van der Waals surface area contributed by atoms with E-state index < -0.39 is 5.54 Å². The number of rotatable bonds is 4. The van der Waals surface area contributed by atoms with Gasteiger partial charge in [0.1, 0.15) is 0 Å². The van der Waals surface area contributed by atoms with Gasteiger partial charge in [-0.3, -0.25) is 4.79 Å². The van der Waals surface area contributed by atoms with Gasteiger partial charge < -0.3 is 10.7 Å². The second-order valence-corrected chi connectivity index (χ2v) is 7.14. The zero-order chi connectivity index (χ0) is 18.9. The number of H-pyrrole nitrogens is 1. The van der Waals surface area contributed by atoms with E-state index in [2.05, 4.69) is 11.1 Å². The van der Waals surface area contributed by atoms with E-state index in [1.165, 1.54) is 0 Å². The number of nitrogens with two attached hydrogens (primary N) is 1. The Kier molecular flexibility index (Phi) is 4.86. The van der Waals surface area contributed by atoms with Crippen LogP contribution in [0.5, 0.6) is 0 Å². The van der Waals surface area contributed by atoms with Crippen molar-refractivity contribution in [1.29, 1.82) is 5.26 Å². The molecular formula is C21H20ClN3O. The summed E-state index contributed by atoms with van der Waals surface area (Å²) < 4.78 is 0. The van der Waals surface area contributed by atoms with E-state index in [-0.39, 0.29) is 5.56 Å². The summed E-state index contributed by atoms with van der Waals surface area (Å²) in [5.41, 5.74) is 9.52. The molecule has 0 bridgehead atoms. The van der Waals surface area contributed by atoms with Crippen LogP contribution in [0.4, 0.5) is 0 Å². The Hall–Kier alpha value is -2.61. The topological polar surface area (TPSA) is 82.7 Å². The number of hydrogen-bond acceptors (Lipinski definition) is 3. The molecule has 3 aromatic rings. The minimum atomic E-state index is -0.658. The summed E-state index contributed by atoms with van der Waals surface area (Å²) >= 11 is 6.39. The molecule has 0 saturated carbocycles. The lowest BCUT2D eigenvalue weighted by atomic mass is 9.85. The van der Waals surface area contributed by atoms with Crippen LogP contribution in [-0.2, 0) is 18.4 Å². The first kappa shape index (κ1) is 18.2. The van der Waals surface area contributed by atoms with Crippen molar-refractivity contribution < 1.29 is 0 Å². The molecule has 0 aliphatic heterocycles. The molecular weight excluding hydrogens is 346 g/mol. The van der Waals surface area contributed by atoms with Crippen LogP contribution in [0, 0.1) is 11.3 Å². The Labute approximate surface area is 157 Å². The van der Waals surface area contributed by atoms with Crippen LogP contribution in [-0.4, -0.2) is 4.98 Å². The molecule has 1 aromatic heterocycles. The summed E-state index contributed by atoms with van der Waals surface area (Å²) in [6.07, 6.45) is 1.15. The maximum atomic E-state index is 12.2. The van der Waals surface area contributed by atoms with Gasteiger partial charge in [0, 0.05) is 16.5 Å². The van der Waals surface area contributed by atoms with Crippen molar-refractivity contribution in [2.24, 2.45) is 5.73 Å². The Bertz CT molecular complexity index is 1080. The van der Waals surface area contributed by atoms with Crippen LogP contribution in [0.1, 0.15) is 36.1 Å². The molecule has 3 N–H and O–H groups in total. The first-order valence-corrected chi connectivity index (χ1v) is 8.86. The predicted molar refractivity (Wildman–Crippen MR) is 105 cm³/mol. The molecule has 5 heteroatoms. The molecule has 4 nitrogen and oxygen atoms in total. The Morgan fingerprint density at radius 1 is 1.27 bits per heavy atom. The number of hydrogen-bond donors (Lipinski definition) is 2. The lowest BCUT2D eigenvalue weighted by Gasteiger charge is -2.26. The first-order chi connectivity index (χ1) is 12.4. The molecule has 132 valence electrons. The van der Waals surface area contributed by atoms with Gasteiger partial charge in [-0.25, -0.2) is 0 Å². The monoisotopic (exact) mass is 365 g/mol. The lowest BCUT2D eigenvalue weighted by molar-refractivity contribution is 0.492. The summed E-state index contributed by atoms with van der Waals surface area (Å²) in [7, 11) is 0. The summed E-state index contributed by atoms with van der Waals surface area (Å²) in [5.74, 6) is 0. The third kappa shape index (κ3) is 3.37. The highest BCUT2D eigenvalue weighted by Gasteiger charge is 2.23. The third-order valence-corrected chi connectivity index (χ3v) is 5.12. The quantitative estimate of drug-likeness (QED) is 0.732. The average molecular weight is 366 g/mol. The van der Waals surface area contributed by atoms with Crippen molar-refractivity contribution in [3.8, 4) is 6.07 Å². The lowest BCUT2D eigenvalue weighted by Crippen LogP contribution is -2.35. The Morgan fingerprint density at radius 3 is 2.73 bits per heavy atom. The standard InChI is InChI=1S/C21H20ClN3O/c1-3-16-19(22)17-8-7-15(10-18(17)25-20(16)26)21(2,24)11-13-5-4-6-14(9-13)12-23/h4-10H,3,11,24H2,1-2H3,(H,25,26). The molecule has 1 unspecified atom stereocenters. The minimum absolute atomic E-state index is 0.164. The van der Waals surface area contributed by atoms with Crippen molar-refractivity contribution in [3.63, 3.8) is 0 Å². The molecule has 0 fully saturated rings. The molecule has 26 heavy (non-hydrogen) atoms. The number of pyridine rings is 1. The molecule has 0 aliphatic carbocycles. The highest BCUT2D eigenvalue weighted by molar-refractivity contribution is 6.36. The van der Waals surface area contributed by atoms with Gasteiger partial charge >= 0.3 is 0 Å². The fourth-order valence-corrected chi connectivity index (χ4v) is 3.63. The normalized spacial score (nSPS) is 13.3. The van der Waals surface area contributed by atoms with Crippen LogP contribution in [0.3, 0.4) is 0 Å². The van der Waals surface area contributed by atoms with Crippen LogP contribution in [0.15, 0.2) is 47.3 Å². The van der Waals surface area contributed by atoms with E-state index in [0.717, 1.165) is 16.5 Å². The molecule has 0 amide bonds. The largest absolute Gasteiger partial charge is 0.322 e. The predicted octanol–water partition coefficient (Wildman–Crippen LogP) is 4.03. The van der Waals surface area contributed by atoms with Crippen LogP contribution in [0.2, 0.25) is 5.02 Å². The smallest absolute Gasteiger partial charge is 0.253 e. The van der Waals surface area contributed by atoms with E-state index in [0.29, 0.717) is 34.5 Å². The van der Waals surface area contributed by atoms with Crippen molar-refractivity contribution in [2.45, 2.75) is 32.2 Å². The number of aromatic amines is 1. The number of benzene rings is 2. The zero-order valence-electron chi connectivity index (χ0n) is 14.8. The highest BCUT2D eigenvalue weighted by atomic mass is 35.5. The van der Waals surface area contributed by atoms with E-state index >= 15 is 0 Å². The van der Waals surface area contributed by atoms with Gasteiger partial charge in [0.15, 0.2) is 0 Å². The molecule has 2 aromatic carbocycles. The minimum Gasteiger partial charge on any atom is -0.322 e. The van der Waals surface area contributed by atoms with Crippen molar-refractivity contribution in [2.75, 3.05) is 0 Å². The molecule has 1 heterocycles. The van der Waals surface area contributed by atoms with Gasteiger partial charge in [-0.1, -0.05) is 42.8 Å². The summed E-state index contributed by atoms with van der Waals surface area (Å²) in [6, 6.07) is 15.3. The third-order valence-electron chi connectivity index (χ3n) is 4.68. The number of nitrogens with one attached hydrogen (secondary N) is 1. The van der Waals surface area contributed by atoms with E-state index in [9.17, 15) is 4.79 Å². The number of fused-ring (bicyclic) bond motifs is 1. The Balaban J connectivity index is 2.03. The number of nitrogens with zero attached hydrogens (tertiary/aromatic N) is 1. The fraction of sp³-hybridized carbons (Fsp3) is 0.238. The van der Waals surface area contributed by atoms with Gasteiger partial charge in [-0.2, -0.15) is 5.26 Å². The summed E-state index contributed by atoms with van der Waals surface area (Å²) in [6.45, 7) is 3.84. The van der Waals surface area contributed by atoms with E-state index in [1.54, 1.807) is 6.07 Å². The number of aromatic nitrogens is 1. The van der Waals surface area contributed by atoms with Crippen LogP contribution in [0.25, 0.3) is 10.9 Å². The molecule has 0 saturated heterocycles. The van der Waals surface area contributed by atoms with Gasteiger partial charge in [0.2, 0.25) is 0 Å². The van der Waals surface area contributed by atoms with Crippen molar-refractivity contribution in [3.05, 3.63) is 80.1 Å². The van der Waals surface area contributed by atoms with Gasteiger partial charge in [-0.05, 0) is 49.1 Å². The number of nitriles is 1. The zero-order valence-corrected chi connectivity index (χ0v) is 15.5. The van der Waals surface area contributed by atoms with Gasteiger partial charge in [0.05, 0.1) is 22.2 Å². The molecule has 0 radical (unpaired) electrons. The molecule has 1 atom stereocenters. The van der Waals surface area contributed by atoms with Gasteiger partial charge in [0.25, 0.3) is 5.56 Å². The molecule has 3 rings (SSSR count). The summed E-state index contributed by atoms with van der Waals surface area (Å²) in [4.78, 5) is 15.1. The van der Waals surface area contributed by atoms with Crippen LogP contribution >= 0.6 is 11.6 Å². The van der Waals surface area contributed by atoms with Crippen molar-refractivity contribution in [1.82, 2.24) is 4.98 Å². The second kappa shape index (κ2) is 6.95. The van der Waals surface area contributed by atoms with Crippen LogP contribution < -0.4 is 11.3 Å². The Morgan fingerprint density at radius 2 is 2.04 bits per heavy atom. The SMILES string of the molecule is CCc1c(Cl)c2ccc(C(C)(N)Cc3cccc(C#N)c3)cc2[nH]c1=O. The first-order valence-electron chi connectivity index (χ1n) is 8.48. The van der Waals surface area contributed by atoms with Gasteiger partial charge in [-0.15, -0.1) is 0 Å². The second-order valence-electron chi connectivity index (χ2n) is 6.77. The molecule has 0 aliphatic rings. The average Bonchev–Trinajstić information content (AvgIpc) is 2.61. The fourth-order valence-electron chi connectivity index (χ4n) is 3.25. The van der Waals surface area contributed by atoms with Crippen molar-refractivity contribution >= 4 is 22.5 Å². The van der Waals surface area contributed by atoms with E-state index in [1.807, 2.05) is 50.2 Å². The maximum Gasteiger partial charge on any atom is 0.253 e. The number of halogens is 1. The maximum absolute atomic E-state index is 12.2. The highest BCUT2D eigenvalue weighted by Crippen LogP contribution is 2.29. The molecule has 0 spiro atoms. The summed E-state index contributed by atoms with van der Waals surface area (Å²) in [5, 5.41) is 10.4. The van der Waals surface area contributed by atoms with E-state index in [4.69, 9.17) is 22.6 Å².